The van der Waals surface area contributed by atoms with Crippen LogP contribution in [0.25, 0.3) is 5.78 Å². The average Bonchev–Trinajstić information content (AvgIpc) is 3.32. The molecule has 2 aliphatic rings. The molecule has 1 atom stereocenters. The number of piperidine rings is 1. The third-order valence-electron chi connectivity index (χ3n) is 5.41. The molecule has 0 unspecified atom stereocenters. The molecule has 1 amide bonds. The number of fused-ring (bicyclic) bond motifs is 1. The van der Waals surface area contributed by atoms with Crippen LogP contribution < -0.4 is 5.56 Å². The van der Waals surface area contributed by atoms with E-state index in [4.69, 9.17) is 0 Å². The number of hydrogen-bond donors (Lipinski definition) is 1. The molecule has 0 spiro atoms. The van der Waals surface area contributed by atoms with E-state index in [2.05, 4.69) is 20.0 Å². The van der Waals surface area contributed by atoms with Crippen LogP contribution in [-0.4, -0.2) is 67.5 Å². The summed E-state index contributed by atoms with van der Waals surface area (Å²) < 4.78 is 1.22. The molecule has 2 aromatic heterocycles. The summed E-state index contributed by atoms with van der Waals surface area (Å²) in [5, 5.41) is 2.71. The van der Waals surface area contributed by atoms with Gasteiger partial charge in [0.2, 0.25) is 0 Å². The smallest absolute Gasteiger partial charge is 0.286 e. The number of aromatic nitrogens is 4. The molecule has 25 heavy (non-hydrogen) atoms. The Kier molecular flexibility index (Phi) is 4.52. The molecule has 0 aromatic carbocycles. The zero-order chi connectivity index (χ0) is 17.2. The first-order valence-corrected chi connectivity index (χ1v) is 9.18. The number of carbonyl (C=O) groups excluding carboxylic acids is 1. The largest absolute Gasteiger partial charge is 0.335 e. The van der Waals surface area contributed by atoms with Gasteiger partial charge in [-0.25, -0.2) is 9.97 Å². The van der Waals surface area contributed by atoms with Crippen LogP contribution in [0.15, 0.2) is 17.3 Å². The lowest BCUT2D eigenvalue weighted by Gasteiger charge is -2.36. The Bertz CT molecular complexity index is 807. The number of rotatable bonds is 4. The zero-order valence-corrected chi connectivity index (χ0v) is 14.4. The van der Waals surface area contributed by atoms with E-state index in [1.54, 1.807) is 0 Å². The van der Waals surface area contributed by atoms with Crippen LogP contribution in [0.1, 0.15) is 48.9 Å². The fraction of sp³-hybridized carbons (Fsp3) is 0.647. The summed E-state index contributed by atoms with van der Waals surface area (Å²) in [6, 6.07) is 0.212. The number of H-pyrrole nitrogens is 1. The highest BCUT2D eigenvalue weighted by Crippen LogP contribution is 2.22. The maximum absolute atomic E-state index is 13.0. The van der Waals surface area contributed by atoms with Gasteiger partial charge in [-0.1, -0.05) is 0 Å². The first kappa shape index (κ1) is 16.3. The summed E-state index contributed by atoms with van der Waals surface area (Å²) in [5.74, 6) is 0.0819. The van der Waals surface area contributed by atoms with Crippen molar-refractivity contribution in [3.63, 3.8) is 0 Å². The number of nitrogens with zero attached hydrogens (tertiary/aromatic N) is 5. The topological polar surface area (TPSA) is 86.6 Å². The van der Waals surface area contributed by atoms with Crippen molar-refractivity contribution in [1.82, 2.24) is 29.4 Å². The van der Waals surface area contributed by atoms with E-state index in [-0.39, 0.29) is 28.8 Å². The molecule has 0 bridgehead atoms. The second-order valence-corrected chi connectivity index (χ2v) is 6.99. The summed E-state index contributed by atoms with van der Waals surface area (Å²) in [5.41, 5.74) is -0.258. The summed E-state index contributed by atoms with van der Waals surface area (Å²) in [4.78, 5) is 38.0. The van der Waals surface area contributed by atoms with Crippen molar-refractivity contribution in [2.75, 3.05) is 26.2 Å². The Labute approximate surface area is 145 Å². The van der Waals surface area contributed by atoms with Gasteiger partial charge in [0, 0.05) is 25.3 Å². The molecule has 1 N–H and O–H groups in total. The molecule has 2 saturated heterocycles. The predicted molar refractivity (Wildman–Crippen MR) is 92.6 cm³/mol. The summed E-state index contributed by atoms with van der Waals surface area (Å²) in [7, 11) is 0. The highest BCUT2D eigenvalue weighted by molar-refractivity contribution is 5.94. The van der Waals surface area contributed by atoms with Crippen molar-refractivity contribution in [1.29, 1.82) is 0 Å². The van der Waals surface area contributed by atoms with Gasteiger partial charge in [-0.2, -0.15) is 4.52 Å². The van der Waals surface area contributed by atoms with E-state index in [9.17, 15) is 9.59 Å². The van der Waals surface area contributed by atoms with Crippen molar-refractivity contribution < 1.29 is 4.79 Å². The number of nitrogens with one attached hydrogen (secondary N) is 1. The Balaban J connectivity index is 1.53. The minimum Gasteiger partial charge on any atom is -0.335 e. The quantitative estimate of drug-likeness (QED) is 0.890. The average molecular weight is 344 g/mol. The zero-order valence-electron chi connectivity index (χ0n) is 14.4. The molecule has 0 aliphatic carbocycles. The van der Waals surface area contributed by atoms with Gasteiger partial charge in [0.1, 0.15) is 11.9 Å². The molecule has 134 valence electrons. The van der Waals surface area contributed by atoms with Crippen LogP contribution in [0.5, 0.6) is 0 Å². The lowest BCUT2D eigenvalue weighted by atomic mass is 9.98. The first-order valence-electron chi connectivity index (χ1n) is 9.18. The Morgan fingerprint density at radius 3 is 2.80 bits per heavy atom. The van der Waals surface area contributed by atoms with Gasteiger partial charge < -0.3 is 9.80 Å². The van der Waals surface area contributed by atoms with Gasteiger partial charge in [-0.3, -0.25) is 14.7 Å². The van der Waals surface area contributed by atoms with Gasteiger partial charge in [0.25, 0.3) is 17.2 Å². The van der Waals surface area contributed by atoms with Crippen LogP contribution in [0, 0.1) is 0 Å². The fourth-order valence-corrected chi connectivity index (χ4v) is 4.01. The molecule has 0 saturated carbocycles. The molecule has 8 heteroatoms. The van der Waals surface area contributed by atoms with E-state index in [1.807, 2.05) is 4.90 Å². The highest BCUT2D eigenvalue weighted by Gasteiger charge is 2.30. The fourth-order valence-electron chi connectivity index (χ4n) is 4.01. The number of aromatic amines is 1. The minimum absolute atomic E-state index is 0.120. The van der Waals surface area contributed by atoms with Gasteiger partial charge in [0.05, 0.1) is 0 Å². The van der Waals surface area contributed by atoms with Crippen LogP contribution >= 0.6 is 0 Å². The molecule has 2 fully saturated rings. The maximum Gasteiger partial charge on any atom is 0.286 e. The van der Waals surface area contributed by atoms with Crippen LogP contribution in [-0.2, 0) is 0 Å². The van der Waals surface area contributed by atoms with Gasteiger partial charge in [-0.15, -0.1) is 0 Å². The van der Waals surface area contributed by atoms with Crippen molar-refractivity contribution in [2.45, 2.75) is 44.6 Å². The van der Waals surface area contributed by atoms with Crippen molar-refractivity contribution in [2.24, 2.45) is 0 Å². The maximum atomic E-state index is 13.0. The van der Waals surface area contributed by atoms with Crippen LogP contribution in [0.2, 0.25) is 0 Å². The van der Waals surface area contributed by atoms with E-state index in [0.29, 0.717) is 6.54 Å². The third kappa shape index (κ3) is 3.18. The van der Waals surface area contributed by atoms with E-state index >= 15 is 0 Å². The monoisotopic (exact) mass is 344 g/mol. The van der Waals surface area contributed by atoms with Gasteiger partial charge >= 0.3 is 0 Å². The van der Waals surface area contributed by atoms with Crippen molar-refractivity contribution >= 4 is 11.7 Å². The highest BCUT2D eigenvalue weighted by atomic mass is 16.2. The molecule has 2 aromatic rings. The second kappa shape index (κ2) is 6.95. The molecular formula is C17H24N6O2. The molecule has 4 rings (SSSR count). The Hall–Kier alpha value is -2.22. The van der Waals surface area contributed by atoms with Gasteiger partial charge in [-0.05, 0) is 51.6 Å². The van der Waals surface area contributed by atoms with E-state index in [1.165, 1.54) is 43.0 Å². The Morgan fingerprint density at radius 1 is 1.16 bits per heavy atom. The summed E-state index contributed by atoms with van der Waals surface area (Å²) >= 11 is 0. The van der Waals surface area contributed by atoms with Crippen LogP contribution in [0.3, 0.4) is 0 Å². The first-order chi connectivity index (χ1) is 12.2. The molecular weight excluding hydrogens is 320 g/mol. The van der Waals surface area contributed by atoms with Crippen LogP contribution in [0.4, 0.5) is 0 Å². The number of likely N-dealkylation sites (tertiary alicyclic amines) is 2. The van der Waals surface area contributed by atoms with E-state index in [0.717, 1.165) is 32.2 Å². The predicted octanol–water partition coefficient (Wildman–Crippen LogP) is 0.898. The minimum atomic E-state index is -0.378. The summed E-state index contributed by atoms with van der Waals surface area (Å²) in [6.45, 7) is 4.09. The molecule has 4 heterocycles. The summed E-state index contributed by atoms with van der Waals surface area (Å²) in [6.07, 6.45) is 9.45. The molecule has 2 aliphatic heterocycles. The number of amides is 1. The van der Waals surface area contributed by atoms with Crippen molar-refractivity contribution in [3.8, 4) is 0 Å². The lowest BCUT2D eigenvalue weighted by molar-refractivity contribution is 0.0585. The Morgan fingerprint density at radius 2 is 1.96 bits per heavy atom. The molecule has 8 nitrogen and oxygen atoms in total. The molecule has 0 radical (unpaired) electrons. The SMILES string of the molecule is O=C(c1cnc2nc[nH]n2c1=O)N1CCCC[C@H]1CCN1CCCC1. The third-order valence-corrected chi connectivity index (χ3v) is 5.41. The van der Waals surface area contributed by atoms with E-state index < -0.39 is 0 Å². The second-order valence-electron chi connectivity index (χ2n) is 6.99. The van der Waals surface area contributed by atoms with Gasteiger partial charge in [0.15, 0.2) is 0 Å². The number of hydrogen-bond acceptors (Lipinski definition) is 5. The lowest BCUT2D eigenvalue weighted by Crippen LogP contribution is -2.46. The number of carbonyl (C=O) groups is 1. The normalized spacial score (nSPS) is 21.9. The van der Waals surface area contributed by atoms with Crippen molar-refractivity contribution in [3.05, 3.63) is 28.4 Å². The standard InChI is InChI=1S/C17H24N6O2/c24-15(14-11-18-17-19-12-20-23(17)16(14)25)22-9-2-1-5-13(22)6-10-21-7-3-4-8-21/h11-13H,1-10H2,(H,18,19,20)/t13-/m0/s1.